The molecule has 6 N–H and O–H groups in total. The van der Waals surface area contributed by atoms with Gasteiger partial charge in [0.25, 0.3) is 5.91 Å². The molecule has 24 heavy (non-hydrogen) atoms. The minimum atomic E-state index is -4.67. The monoisotopic (exact) mass is 362 g/mol. The van der Waals surface area contributed by atoms with Crippen LogP contribution in [0.5, 0.6) is 5.75 Å². The number of hydrogen-bond acceptors (Lipinski definition) is 5. The molecule has 8 nitrogen and oxygen atoms in total. The van der Waals surface area contributed by atoms with E-state index in [1.165, 1.54) is 0 Å². The first-order chi connectivity index (χ1) is 10.8. The molecule has 0 heterocycles. The Hall–Kier alpha value is -1.68. The van der Waals surface area contributed by atoms with Crippen LogP contribution >= 0.6 is 0 Å². The van der Waals surface area contributed by atoms with Crippen LogP contribution in [0.4, 0.5) is 0 Å². The number of nitrogens with two attached hydrogens (primary N) is 1. The maximum Gasteiger partial charge on any atom is 0.394 e. The molecule has 0 aliphatic heterocycles. The topological polar surface area (TPSA) is 150 Å². The predicted molar refractivity (Wildman–Crippen MR) is 91.0 cm³/mol. The molecule has 9 heteroatoms. The van der Waals surface area contributed by atoms with E-state index < -0.39 is 16.3 Å². The van der Waals surface area contributed by atoms with E-state index in [2.05, 4.69) is 33.1 Å². The zero-order valence-corrected chi connectivity index (χ0v) is 15.1. The van der Waals surface area contributed by atoms with Gasteiger partial charge >= 0.3 is 10.4 Å². The molecule has 1 aromatic rings. The van der Waals surface area contributed by atoms with E-state index >= 15 is 0 Å². The van der Waals surface area contributed by atoms with Gasteiger partial charge in [-0.2, -0.15) is 8.42 Å². The highest BCUT2D eigenvalue weighted by Crippen LogP contribution is 2.33. The van der Waals surface area contributed by atoms with Crippen LogP contribution in [0.25, 0.3) is 0 Å². The Bertz CT molecular complexity index is 650. The van der Waals surface area contributed by atoms with Crippen LogP contribution in [0.3, 0.4) is 0 Å². The number of rotatable bonds is 5. The fraction of sp³-hybridized carbons (Fsp3) is 0.533. The van der Waals surface area contributed by atoms with E-state index in [9.17, 15) is 9.90 Å². The van der Waals surface area contributed by atoms with Gasteiger partial charge in [-0.25, -0.2) is 5.84 Å². The molecule has 0 aliphatic carbocycles. The number of nitrogen functional groups attached to an aromatic ring is 1. The van der Waals surface area contributed by atoms with Crippen molar-refractivity contribution >= 4 is 16.3 Å². The lowest BCUT2D eigenvalue weighted by Gasteiger charge is -2.29. The van der Waals surface area contributed by atoms with Crippen molar-refractivity contribution in [2.45, 2.75) is 46.0 Å². The van der Waals surface area contributed by atoms with Crippen molar-refractivity contribution in [3.63, 3.8) is 0 Å². The van der Waals surface area contributed by atoms with Gasteiger partial charge in [0.05, 0.1) is 5.56 Å². The van der Waals surface area contributed by atoms with E-state index in [0.717, 1.165) is 18.4 Å². The summed E-state index contributed by atoms with van der Waals surface area (Å²) >= 11 is 0. The smallest absolute Gasteiger partial charge is 0.394 e. The number of phenolic OH excluding ortho intramolecular Hbond substituents is 1. The molecule has 138 valence electrons. The van der Waals surface area contributed by atoms with Gasteiger partial charge < -0.3 is 5.11 Å². The number of nitrogens with one attached hydrogen (secondary N) is 1. The predicted octanol–water partition coefficient (Wildman–Crippen LogP) is 2.06. The van der Waals surface area contributed by atoms with Gasteiger partial charge in [0.1, 0.15) is 5.75 Å². The van der Waals surface area contributed by atoms with Crippen molar-refractivity contribution in [1.82, 2.24) is 5.43 Å². The summed E-state index contributed by atoms with van der Waals surface area (Å²) in [7, 11) is -4.67. The number of phenols is 1. The minimum absolute atomic E-state index is 0.0489. The highest BCUT2D eigenvalue weighted by Gasteiger charge is 2.24. The van der Waals surface area contributed by atoms with Crippen molar-refractivity contribution in [2.75, 3.05) is 0 Å². The summed E-state index contributed by atoms with van der Waals surface area (Å²) in [5.41, 5.74) is 3.26. The number of aromatic hydroxyl groups is 1. The van der Waals surface area contributed by atoms with Crippen LogP contribution in [0.1, 0.15) is 56.5 Å². The second kappa shape index (κ2) is 8.97. The molecule has 0 saturated carbocycles. The zero-order chi connectivity index (χ0) is 19.1. The average molecular weight is 362 g/mol. The molecule has 0 bridgehead atoms. The first-order valence-electron chi connectivity index (χ1n) is 7.36. The third-order valence-electron chi connectivity index (χ3n) is 3.71. The standard InChI is InChI=1S/C15H24N2O2.H2O4S/c1-5-10(2)9-15(3,4)11-6-7-13(18)12(8-11)14(19)17-16;1-5(2,3)4/h6-8,10,18H,5,9,16H2,1-4H3,(H,17,19);(H2,1,2,3,4). The number of carbonyl (C=O) groups excluding carboxylic acids is 1. The first-order valence-corrected chi connectivity index (χ1v) is 8.75. The molecule has 0 aromatic heterocycles. The zero-order valence-electron chi connectivity index (χ0n) is 14.3. The molecule has 0 radical (unpaired) electrons. The molecule has 0 spiro atoms. The molecular formula is C15H26N2O6S. The molecule has 1 rings (SSSR count). The van der Waals surface area contributed by atoms with Crippen LogP contribution in [0, 0.1) is 5.92 Å². The van der Waals surface area contributed by atoms with Crippen LogP contribution < -0.4 is 11.3 Å². The lowest BCUT2D eigenvalue weighted by Crippen LogP contribution is -2.30. The van der Waals surface area contributed by atoms with E-state index in [-0.39, 0.29) is 16.7 Å². The Morgan fingerprint density at radius 3 is 2.25 bits per heavy atom. The Balaban J connectivity index is 0.000000922. The van der Waals surface area contributed by atoms with Crippen molar-refractivity contribution in [1.29, 1.82) is 0 Å². The van der Waals surface area contributed by atoms with Crippen LogP contribution in [-0.2, 0) is 15.8 Å². The maximum absolute atomic E-state index is 11.6. The van der Waals surface area contributed by atoms with Gasteiger partial charge in [0.2, 0.25) is 0 Å². The number of hydrazine groups is 1. The van der Waals surface area contributed by atoms with E-state index in [1.54, 1.807) is 12.1 Å². The van der Waals surface area contributed by atoms with Crippen LogP contribution in [-0.4, -0.2) is 28.5 Å². The third kappa shape index (κ3) is 8.25. The van der Waals surface area contributed by atoms with E-state index in [0.29, 0.717) is 5.92 Å². The van der Waals surface area contributed by atoms with E-state index in [1.807, 2.05) is 6.07 Å². The van der Waals surface area contributed by atoms with Gasteiger partial charge in [-0.15, -0.1) is 0 Å². The van der Waals surface area contributed by atoms with Crippen molar-refractivity contribution in [3.8, 4) is 5.75 Å². The Morgan fingerprint density at radius 1 is 1.33 bits per heavy atom. The van der Waals surface area contributed by atoms with Crippen LogP contribution in [0.2, 0.25) is 0 Å². The summed E-state index contributed by atoms with van der Waals surface area (Å²) < 4.78 is 31.6. The summed E-state index contributed by atoms with van der Waals surface area (Å²) in [6.45, 7) is 8.69. The fourth-order valence-electron chi connectivity index (χ4n) is 2.35. The van der Waals surface area contributed by atoms with Gasteiger partial charge in [0, 0.05) is 0 Å². The number of benzene rings is 1. The molecule has 1 atom stereocenters. The Kier molecular flexibility index (Phi) is 8.35. The molecule has 0 saturated heterocycles. The maximum atomic E-state index is 11.6. The molecule has 1 amide bonds. The van der Waals surface area contributed by atoms with Gasteiger partial charge in [-0.3, -0.25) is 19.3 Å². The largest absolute Gasteiger partial charge is 0.507 e. The molecule has 1 aromatic carbocycles. The fourth-order valence-corrected chi connectivity index (χ4v) is 2.35. The Morgan fingerprint density at radius 2 is 1.83 bits per heavy atom. The quantitative estimate of drug-likeness (QED) is 0.233. The summed E-state index contributed by atoms with van der Waals surface area (Å²) in [5, 5.41) is 9.71. The molecular weight excluding hydrogens is 336 g/mol. The summed E-state index contributed by atoms with van der Waals surface area (Å²) in [6.07, 6.45) is 2.15. The molecule has 0 aliphatic rings. The van der Waals surface area contributed by atoms with Crippen molar-refractivity contribution < 1.29 is 27.4 Å². The number of hydrogen-bond donors (Lipinski definition) is 5. The first kappa shape index (κ1) is 22.3. The second-order valence-corrected chi connectivity index (χ2v) is 7.15. The minimum Gasteiger partial charge on any atom is -0.507 e. The van der Waals surface area contributed by atoms with Crippen molar-refractivity contribution in [2.24, 2.45) is 11.8 Å². The molecule has 0 fully saturated rings. The summed E-state index contributed by atoms with van der Waals surface area (Å²) in [6, 6.07) is 5.14. The number of carbonyl (C=O) groups is 1. The number of amides is 1. The van der Waals surface area contributed by atoms with E-state index in [4.69, 9.17) is 23.4 Å². The van der Waals surface area contributed by atoms with Gasteiger partial charge in [0.15, 0.2) is 0 Å². The Labute approximate surface area is 142 Å². The highest BCUT2D eigenvalue weighted by molar-refractivity contribution is 7.79. The third-order valence-corrected chi connectivity index (χ3v) is 3.71. The molecule has 1 unspecified atom stereocenters. The van der Waals surface area contributed by atoms with Gasteiger partial charge in [-0.05, 0) is 35.4 Å². The van der Waals surface area contributed by atoms with Gasteiger partial charge in [-0.1, -0.05) is 40.2 Å². The lowest BCUT2D eigenvalue weighted by molar-refractivity contribution is 0.0950. The SMILES string of the molecule is CCC(C)CC(C)(C)c1ccc(O)c(C(=O)NN)c1.O=S(=O)(O)O. The second-order valence-electron chi connectivity index (χ2n) is 6.25. The van der Waals surface area contributed by atoms with Crippen molar-refractivity contribution in [3.05, 3.63) is 29.3 Å². The average Bonchev–Trinajstić information content (AvgIpc) is 2.44. The summed E-state index contributed by atoms with van der Waals surface area (Å²) in [5.74, 6) is 5.21. The highest BCUT2D eigenvalue weighted by atomic mass is 32.3. The van der Waals surface area contributed by atoms with Crippen LogP contribution in [0.15, 0.2) is 18.2 Å². The lowest BCUT2D eigenvalue weighted by atomic mass is 9.76. The normalized spacial score (nSPS) is 12.8. The summed E-state index contributed by atoms with van der Waals surface area (Å²) in [4.78, 5) is 11.6.